The van der Waals surface area contributed by atoms with Crippen molar-refractivity contribution < 1.29 is 14.7 Å². The van der Waals surface area contributed by atoms with Gasteiger partial charge in [0.2, 0.25) is 0 Å². The average Bonchev–Trinajstić information content (AvgIpc) is 3.02. The summed E-state index contributed by atoms with van der Waals surface area (Å²) in [6.07, 6.45) is 3.83. The molecular formula is C23H26BrN3O3. The summed E-state index contributed by atoms with van der Waals surface area (Å²) in [4.78, 5) is 33.7. The fraction of sp³-hybridized carbons (Fsp3) is 0.348. The molecule has 2 heterocycles. The Hall–Kier alpha value is -2.51. The zero-order valence-corrected chi connectivity index (χ0v) is 18.8. The van der Waals surface area contributed by atoms with Crippen LogP contribution in [0.15, 0.2) is 58.8 Å². The van der Waals surface area contributed by atoms with Crippen molar-refractivity contribution in [3.63, 3.8) is 0 Å². The fourth-order valence-corrected chi connectivity index (χ4v) is 4.22. The fourth-order valence-electron chi connectivity index (χ4n) is 3.80. The molecule has 0 radical (unpaired) electrons. The van der Waals surface area contributed by atoms with Crippen molar-refractivity contribution in [2.45, 2.75) is 26.3 Å². The van der Waals surface area contributed by atoms with Gasteiger partial charge in [0.05, 0.1) is 11.6 Å². The zero-order valence-electron chi connectivity index (χ0n) is 17.2. The third-order valence-electron chi connectivity index (χ3n) is 5.43. The number of hydrogen-bond donors (Lipinski definition) is 1. The van der Waals surface area contributed by atoms with E-state index in [0.717, 1.165) is 36.1 Å². The number of Topliss-reactive ketones (excluding diaryl/α,β-unsaturated/α-hetero) is 1. The zero-order chi connectivity index (χ0) is 21.7. The van der Waals surface area contributed by atoms with E-state index in [-0.39, 0.29) is 11.3 Å². The first kappa shape index (κ1) is 22.2. The van der Waals surface area contributed by atoms with E-state index in [1.165, 1.54) is 0 Å². The van der Waals surface area contributed by atoms with Gasteiger partial charge in [0.15, 0.2) is 0 Å². The number of nitrogens with zero attached hydrogens (tertiary/aromatic N) is 3. The molecule has 0 bridgehead atoms. The minimum atomic E-state index is -0.655. The van der Waals surface area contributed by atoms with Gasteiger partial charge in [0, 0.05) is 29.0 Å². The van der Waals surface area contributed by atoms with Gasteiger partial charge in [-0.3, -0.25) is 14.6 Å². The number of amides is 1. The minimum Gasteiger partial charge on any atom is -0.507 e. The number of halogens is 1. The van der Waals surface area contributed by atoms with Crippen LogP contribution in [0.2, 0.25) is 0 Å². The van der Waals surface area contributed by atoms with Gasteiger partial charge in [0.25, 0.3) is 11.7 Å². The number of aromatic nitrogens is 1. The molecule has 1 fully saturated rings. The lowest BCUT2D eigenvalue weighted by Crippen LogP contribution is -2.33. The summed E-state index contributed by atoms with van der Waals surface area (Å²) in [5.41, 5.74) is 1.36. The minimum absolute atomic E-state index is 0.118. The number of ketones is 1. The molecule has 1 saturated heterocycles. The summed E-state index contributed by atoms with van der Waals surface area (Å²) in [6.45, 7) is 7.35. The summed E-state index contributed by atoms with van der Waals surface area (Å²) in [6, 6.07) is 10.1. The van der Waals surface area contributed by atoms with E-state index < -0.39 is 17.7 Å². The van der Waals surface area contributed by atoms with Gasteiger partial charge < -0.3 is 14.9 Å². The molecule has 0 spiro atoms. The van der Waals surface area contributed by atoms with E-state index in [0.29, 0.717) is 12.1 Å². The van der Waals surface area contributed by atoms with Gasteiger partial charge in [-0.25, -0.2) is 0 Å². The summed E-state index contributed by atoms with van der Waals surface area (Å²) >= 11 is 3.47. The van der Waals surface area contributed by atoms with E-state index in [2.05, 4.69) is 39.7 Å². The monoisotopic (exact) mass is 471 g/mol. The first-order valence-electron chi connectivity index (χ1n) is 10.1. The number of rotatable bonds is 8. The van der Waals surface area contributed by atoms with E-state index in [1.54, 1.807) is 29.4 Å². The quantitative estimate of drug-likeness (QED) is 0.357. The van der Waals surface area contributed by atoms with Crippen LogP contribution in [0.5, 0.6) is 0 Å². The Morgan fingerprint density at radius 2 is 1.87 bits per heavy atom. The van der Waals surface area contributed by atoms with Crippen LogP contribution < -0.4 is 0 Å². The average molecular weight is 472 g/mol. The molecule has 2 aromatic rings. The molecule has 1 unspecified atom stereocenters. The Balaban J connectivity index is 2.01. The van der Waals surface area contributed by atoms with Crippen LogP contribution in [0.3, 0.4) is 0 Å². The molecule has 1 aliphatic heterocycles. The lowest BCUT2D eigenvalue weighted by Gasteiger charge is -2.27. The predicted molar refractivity (Wildman–Crippen MR) is 120 cm³/mol. The largest absolute Gasteiger partial charge is 0.507 e. The highest BCUT2D eigenvalue weighted by Gasteiger charge is 2.45. The van der Waals surface area contributed by atoms with Crippen molar-refractivity contribution >= 4 is 33.4 Å². The highest BCUT2D eigenvalue weighted by atomic mass is 79.9. The van der Waals surface area contributed by atoms with Crippen LogP contribution >= 0.6 is 15.9 Å². The molecule has 1 aromatic carbocycles. The second kappa shape index (κ2) is 10.00. The molecule has 30 heavy (non-hydrogen) atoms. The predicted octanol–water partition coefficient (Wildman–Crippen LogP) is 4.00. The smallest absolute Gasteiger partial charge is 0.295 e. The summed E-state index contributed by atoms with van der Waals surface area (Å²) in [5.74, 6) is -1.40. The number of carbonyl (C=O) groups excluding carboxylic acids is 2. The first-order valence-corrected chi connectivity index (χ1v) is 10.9. The Morgan fingerprint density at radius 3 is 2.50 bits per heavy atom. The standard InChI is InChI=1S/C23H26BrN3O3/c1-3-26(4-2)13-6-14-27-20(17-7-5-8-18(24)15-17)19(22(29)23(27)30)21(28)16-9-11-25-12-10-16/h5,7-12,15,20,28H,3-4,6,13-14H2,1-2H3/b21-19+. The Bertz CT molecular complexity index is 942. The Labute approximate surface area is 185 Å². The number of aliphatic hydroxyl groups is 1. The van der Waals surface area contributed by atoms with Crippen molar-refractivity contribution in [3.8, 4) is 0 Å². The number of aliphatic hydroxyl groups excluding tert-OH is 1. The highest BCUT2D eigenvalue weighted by molar-refractivity contribution is 9.10. The van der Waals surface area contributed by atoms with Gasteiger partial charge in [0.1, 0.15) is 5.76 Å². The van der Waals surface area contributed by atoms with Gasteiger partial charge in [-0.1, -0.05) is 41.9 Å². The van der Waals surface area contributed by atoms with Gasteiger partial charge in [-0.2, -0.15) is 0 Å². The lowest BCUT2D eigenvalue weighted by molar-refractivity contribution is -0.140. The molecule has 6 nitrogen and oxygen atoms in total. The van der Waals surface area contributed by atoms with Crippen molar-refractivity contribution in [1.82, 2.24) is 14.8 Å². The topological polar surface area (TPSA) is 73.7 Å². The molecule has 3 rings (SSSR count). The Morgan fingerprint density at radius 1 is 1.17 bits per heavy atom. The van der Waals surface area contributed by atoms with Crippen LogP contribution in [-0.4, -0.2) is 57.8 Å². The molecule has 1 N–H and O–H groups in total. The maximum Gasteiger partial charge on any atom is 0.295 e. The van der Waals surface area contributed by atoms with E-state index in [4.69, 9.17) is 0 Å². The maximum atomic E-state index is 13.0. The van der Waals surface area contributed by atoms with Gasteiger partial charge in [-0.15, -0.1) is 0 Å². The van der Waals surface area contributed by atoms with E-state index in [1.807, 2.05) is 24.3 Å². The number of likely N-dealkylation sites (tertiary alicyclic amines) is 1. The highest BCUT2D eigenvalue weighted by Crippen LogP contribution is 2.39. The SMILES string of the molecule is CCN(CC)CCCN1C(=O)C(=O)/C(=C(/O)c2ccncc2)C1c1cccc(Br)c1. The maximum absolute atomic E-state index is 13.0. The summed E-state index contributed by atoms with van der Waals surface area (Å²) in [7, 11) is 0. The van der Waals surface area contributed by atoms with Crippen LogP contribution in [0.25, 0.3) is 5.76 Å². The van der Waals surface area contributed by atoms with Crippen molar-refractivity contribution in [2.75, 3.05) is 26.2 Å². The van der Waals surface area contributed by atoms with Gasteiger partial charge >= 0.3 is 0 Å². The summed E-state index contributed by atoms with van der Waals surface area (Å²) < 4.78 is 0.845. The van der Waals surface area contributed by atoms with Crippen LogP contribution in [0, 0.1) is 0 Å². The van der Waals surface area contributed by atoms with Crippen molar-refractivity contribution in [2.24, 2.45) is 0 Å². The van der Waals surface area contributed by atoms with Crippen LogP contribution in [0.4, 0.5) is 0 Å². The second-order valence-corrected chi connectivity index (χ2v) is 8.08. The van der Waals surface area contributed by atoms with Crippen LogP contribution in [-0.2, 0) is 9.59 Å². The molecule has 158 valence electrons. The second-order valence-electron chi connectivity index (χ2n) is 7.16. The molecule has 0 aliphatic carbocycles. The molecule has 1 atom stereocenters. The van der Waals surface area contributed by atoms with E-state index >= 15 is 0 Å². The Kier molecular flexibility index (Phi) is 7.39. The number of carbonyl (C=O) groups is 2. The summed E-state index contributed by atoms with van der Waals surface area (Å²) in [5, 5.41) is 10.9. The number of benzene rings is 1. The number of pyridine rings is 1. The molecule has 1 amide bonds. The lowest BCUT2D eigenvalue weighted by atomic mass is 9.95. The first-order chi connectivity index (χ1) is 14.5. The third-order valence-corrected chi connectivity index (χ3v) is 5.92. The normalized spacial score (nSPS) is 18.4. The molecular weight excluding hydrogens is 446 g/mol. The van der Waals surface area contributed by atoms with Gasteiger partial charge in [-0.05, 0) is 55.9 Å². The molecule has 7 heteroatoms. The number of hydrogen-bond acceptors (Lipinski definition) is 5. The van der Waals surface area contributed by atoms with E-state index in [9.17, 15) is 14.7 Å². The molecule has 1 aliphatic rings. The van der Waals surface area contributed by atoms with Crippen molar-refractivity contribution in [1.29, 1.82) is 0 Å². The van der Waals surface area contributed by atoms with Crippen LogP contribution in [0.1, 0.15) is 37.4 Å². The van der Waals surface area contributed by atoms with Crippen molar-refractivity contribution in [3.05, 3.63) is 70.0 Å². The third kappa shape index (κ3) is 4.63. The molecule has 0 saturated carbocycles. The molecule has 1 aromatic heterocycles.